The molecule has 1 aromatic rings. The van der Waals surface area contributed by atoms with E-state index in [1.54, 1.807) is 6.07 Å². The van der Waals surface area contributed by atoms with E-state index < -0.39 is 5.82 Å². The van der Waals surface area contributed by atoms with Crippen LogP contribution in [-0.4, -0.2) is 31.9 Å². The summed E-state index contributed by atoms with van der Waals surface area (Å²) in [5.74, 6) is -0.172. The van der Waals surface area contributed by atoms with Crippen LogP contribution >= 0.6 is 0 Å². The summed E-state index contributed by atoms with van der Waals surface area (Å²) < 4.78 is 24.7. The van der Waals surface area contributed by atoms with Crippen molar-refractivity contribution in [3.05, 3.63) is 17.9 Å². The first kappa shape index (κ1) is 13.9. The number of nitrogens with zero attached hydrogens (tertiary/aromatic N) is 1. The van der Waals surface area contributed by atoms with Crippen LogP contribution in [0.3, 0.4) is 0 Å². The number of halogens is 1. The molecule has 0 amide bonds. The maximum absolute atomic E-state index is 13.8. The van der Waals surface area contributed by atoms with Gasteiger partial charge in [-0.05, 0) is 20.8 Å². The molecule has 1 saturated heterocycles. The monoisotopic (exact) mass is 268 g/mol. The number of anilines is 2. The normalized spacial score (nSPS) is 19.8. The molecule has 19 heavy (non-hydrogen) atoms. The van der Waals surface area contributed by atoms with Crippen molar-refractivity contribution in [1.82, 2.24) is 0 Å². The SMILES string of the molecule is CC(C)Oc1cc(N2CCOCC2C)c(N)cc1F. The summed E-state index contributed by atoms with van der Waals surface area (Å²) in [4.78, 5) is 2.13. The predicted molar refractivity (Wildman–Crippen MR) is 74.2 cm³/mol. The molecule has 1 aromatic carbocycles. The van der Waals surface area contributed by atoms with Crippen molar-refractivity contribution in [1.29, 1.82) is 0 Å². The number of hydrogen-bond donors (Lipinski definition) is 1. The van der Waals surface area contributed by atoms with Crippen LogP contribution in [-0.2, 0) is 4.74 Å². The number of nitrogen functional groups attached to an aromatic ring is 1. The van der Waals surface area contributed by atoms with E-state index in [0.717, 1.165) is 12.2 Å². The highest BCUT2D eigenvalue weighted by Crippen LogP contribution is 2.33. The summed E-state index contributed by atoms with van der Waals surface area (Å²) in [6.07, 6.45) is -0.0758. The standard InChI is InChI=1S/C14H21FN2O2/c1-9(2)19-14-7-13(12(16)6-11(14)15)17-4-5-18-8-10(17)3/h6-7,9-10H,4-5,8,16H2,1-3H3. The summed E-state index contributed by atoms with van der Waals surface area (Å²) in [7, 11) is 0. The summed E-state index contributed by atoms with van der Waals surface area (Å²) in [6, 6.07) is 3.23. The molecule has 4 nitrogen and oxygen atoms in total. The highest BCUT2D eigenvalue weighted by molar-refractivity contribution is 5.70. The number of rotatable bonds is 3. The Balaban J connectivity index is 2.33. The van der Waals surface area contributed by atoms with Gasteiger partial charge in [-0.2, -0.15) is 0 Å². The Bertz CT molecular complexity index is 451. The number of morpholine rings is 1. The number of hydrogen-bond acceptors (Lipinski definition) is 4. The Hall–Kier alpha value is -1.49. The van der Waals surface area contributed by atoms with Gasteiger partial charge in [0.25, 0.3) is 0 Å². The maximum atomic E-state index is 13.8. The second-order valence-electron chi connectivity index (χ2n) is 5.13. The van der Waals surface area contributed by atoms with Gasteiger partial charge in [-0.15, -0.1) is 0 Å². The van der Waals surface area contributed by atoms with E-state index in [2.05, 4.69) is 11.8 Å². The molecule has 5 heteroatoms. The Labute approximate surface area is 113 Å². The van der Waals surface area contributed by atoms with E-state index in [9.17, 15) is 4.39 Å². The molecular formula is C14H21FN2O2. The van der Waals surface area contributed by atoms with Crippen LogP contribution in [0.5, 0.6) is 5.75 Å². The number of benzene rings is 1. The van der Waals surface area contributed by atoms with Gasteiger partial charge in [0.05, 0.1) is 30.7 Å². The Kier molecular flexibility index (Phi) is 4.14. The predicted octanol–water partition coefficient (Wildman–Crippen LogP) is 2.42. The molecule has 0 saturated carbocycles. The van der Waals surface area contributed by atoms with Crippen LogP contribution in [0.25, 0.3) is 0 Å². The lowest BCUT2D eigenvalue weighted by Gasteiger charge is -2.36. The van der Waals surface area contributed by atoms with Crippen LogP contribution in [0.1, 0.15) is 20.8 Å². The van der Waals surface area contributed by atoms with Gasteiger partial charge in [-0.1, -0.05) is 0 Å². The highest BCUT2D eigenvalue weighted by Gasteiger charge is 2.22. The van der Waals surface area contributed by atoms with Gasteiger partial charge in [-0.25, -0.2) is 4.39 Å². The highest BCUT2D eigenvalue weighted by atomic mass is 19.1. The fourth-order valence-electron chi connectivity index (χ4n) is 2.24. The lowest BCUT2D eigenvalue weighted by molar-refractivity contribution is 0.0989. The number of nitrogens with two attached hydrogens (primary N) is 1. The third-order valence-electron chi connectivity index (χ3n) is 3.12. The summed E-state index contributed by atoms with van der Waals surface area (Å²) in [5.41, 5.74) is 7.18. The Morgan fingerprint density at radius 3 is 2.84 bits per heavy atom. The first-order chi connectivity index (χ1) is 8.99. The van der Waals surface area contributed by atoms with E-state index in [-0.39, 0.29) is 17.9 Å². The zero-order chi connectivity index (χ0) is 14.0. The van der Waals surface area contributed by atoms with Crippen LogP contribution in [0.15, 0.2) is 12.1 Å². The molecule has 0 aliphatic carbocycles. The second kappa shape index (κ2) is 5.65. The van der Waals surface area contributed by atoms with Crippen LogP contribution in [0.4, 0.5) is 15.8 Å². The number of ether oxygens (including phenoxy) is 2. The first-order valence-electron chi connectivity index (χ1n) is 6.59. The van der Waals surface area contributed by atoms with Crippen molar-refractivity contribution in [2.75, 3.05) is 30.4 Å². The van der Waals surface area contributed by atoms with Gasteiger partial charge < -0.3 is 20.1 Å². The third kappa shape index (κ3) is 3.10. The molecule has 1 aliphatic rings. The third-order valence-corrected chi connectivity index (χ3v) is 3.12. The van der Waals surface area contributed by atoms with E-state index in [1.165, 1.54) is 6.07 Å². The molecule has 1 aliphatic heterocycles. The summed E-state index contributed by atoms with van der Waals surface area (Å²) in [5, 5.41) is 0. The van der Waals surface area contributed by atoms with Crippen LogP contribution in [0, 0.1) is 5.82 Å². The minimum atomic E-state index is -0.420. The van der Waals surface area contributed by atoms with Gasteiger partial charge in [0.15, 0.2) is 11.6 Å². The Morgan fingerprint density at radius 2 is 2.21 bits per heavy atom. The molecule has 0 radical (unpaired) electrons. The minimum absolute atomic E-state index is 0.0758. The van der Waals surface area contributed by atoms with Crippen LogP contribution < -0.4 is 15.4 Å². The Morgan fingerprint density at radius 1 is 1.47 bits per heavy atom. The lowest BCUT2D eigenvalue weighted by Crippen LogP contribution is -2.44. The summed E-state index contributed by atoms with van der Waals surface area (Å²) >= 11 is 0. The fourth-order valence-corrected chi connectivity index (χ4v) is 2.24. The molecule has 106 valence electrons. The summed E-state index contributed by atoms with van der Waals surface area (Å²) in [6.45, 7) is 7.85. The van der Waals surface area contributed by atoms with Crippen molar-refractivity contribution >= 4 is 11.4 Å². The molecular weight excluding hydrogens is 247 g/mol. The van der Waals surface area contributed by atoms with E-state index in [4.69, 9.17) is 15.2 Å². The first-order valence-corrected chi connectivity index (χ1v) is 6.59. The van der Waals surface area contributed by atoms with Crippen molar-refractivity contribution in [3.8, 4) is 5.75 Å². The van der Waals surface area contributed by atoms with E-state index in [0.29, 0.717) is 18.9 Å². The quantitative estimate of drug-likeness (QED) is 0.855. The molecule has 0 aromatic heterocycles. The molecule has 1 heterocycles. The smallest absolute Gasteiger partial charge is 0.167 e. The lowest BCUT2D eigenvalue weighted by atomic mass is 10.1. The van der Waals surface area contributed by atoms with E-state index >= 15 is 0 Å². The topological polar surface area (TPSA) is 47.7 Å². The fraction of sp³-hybridized carbons (Fsp3) is 0.571. The molecule has 1 unspecified atom stereocenters. The maximum Gasteiger partial charge on any atom is 0.167 e. The average molecular weight is 268 g/mol. The van der Waals surface area contributed by atoms with Crippen molar-refractivity contribution in [3.63, 3.8) is 0 Å². The van der Waals surface area contributed by atoms with Crippen LogP contribution in [0.2, 0.25) is 0 Å². The zero-order valence-corrected chi connectivity index (χ0v) is 11.6. The van der Waals surface area contributed by atoms with E-state index in [1.807, 2.05) is 13.8 Å². The molecule has 1 fully saturated rings. The molecule has 2 rings (SSSR count). The molecule has 0 spiro atoms. The van der Waals surface area contributed by atoms with Crippen molar-refractivity contribution in [2.45, 2.75) is 32.9 Å². The zero-order valence-electron chi connectivity index (χ0n) is 11.6. The molecule has 0 bridgehead atoms. The van der Waals surface area contributed by atoms with Crippen molar-refractivity contribution < 1.29 is 13.9 Å². The molecule has 2 N–H and O–H groups in total. The van der Waals surface area contributed by atoms with Gasteiger partial charge in [0, 0.05) is 24.7 Å². The minimum Gasteiger partial charge on any atom is -0.488 e. The van der Waals surface area contributed by atoms with Gasteiger partial charge >= 0.3 is 0 Å². The van der Waals surface area contributed by atoms with Gasteiger partial charge in [0.1, 0.15) is 0 Å². The second-order valence-corrected chi connectivity index (χ2v) is 5.13. The van der Waals surface area contributed by atoms with Crippen molar-refractivity contribution in [2.24, 2.45) is 0 Å². The molecule has 1 atom stereocenters. The average Bonchev–Trinajstić information content (AvgIpc) is 2.33. The van der Waals surface area contributed by atoms with Gasteiger partial charge in [0.2, 0.25) is 0 Å². The van der Waals surface area contributed by atoms with Gasteiger partial charge in [-0.3, -0.25) is 0 Å². The largest absolute Gasteiger partial charge is 0.488 e.